The largest absolute Gasteiger partial charge is 0.497 e. The number of hydrogen-bond donors (Lipinski definition) is 3. The molecular weight excluding hydrogens is 310 g/mol. The van der Waals surface area contributed by atoms with Crippen molar-refractivity contribution < 1.29 is 19.4 Å². The van der Waals surface area contributed by atoms with Gasteiger partial charge >= 0.3 is 6.03 Å². The third-order valence-electron chi connectivity index (χ3n) is 3.09. The van der Waals surface area contributed by atoms with E-state index in [4.69, 9.17) is 14.6 Å². The van der Waals surface area contributed by atoms with Gasteiger partial charge in [-0.2, -0.15) is 0 Å². The van der Waals surface area contributed by atoms with E-state index in [2.05, 4.69) is 15.6 Å². The first-order valence-electron chi connectivity index (χ1n) is 7.53. The topological polar surface area (TPSA) is 92.7 Å². The Morgan fingerprint density at radius 3 is 2.58 bits per heavy atom. The molecule has 128 valence electrons. The van der Waals surface area contributed by atoms with Crippen LogP contribution in [0.4, 0.5) is 4.79 Å². The molecule has 2 aromatic rings. The molecule has 0 radical (unpaired) electrons. The fourth-order valence-electron chi connectivity index (χ4n) is 1.87. The van der Waals surface area contributed by atoms with Gasteiger partial charge in [-0.15, -0.1) is 0 Å². The monoisotopic (exact) mass is 331 g/mol. The van der Waals surface area contributed by atoms with Crippen LogP contribution in [0.1, 0.15) is 12.5 Å². The Labute approximate surface area is 140 Å². The molecule has 7 nitrogen and oxygen atoms in total. The Kier molecular flexibility index (Phi) is 6.39. The summed E-state index contributed by atoms with van der Waals surface area (Å²) in [6.07, 6.45) is 1.03. The number of aromatic nitrogens is 1. The maximum atomic E-state index is 11.6. The Morgan fingerprint density at radius 1 is 1.21 bits per heavy atom. The standard InChI is InChI=1S/C17H21N3O4/c1-12(21)10-19-17(22)20-11-13-7-8-18-16(9-13)24-15-5-3-14(23-2)4-6-15/h3-9,12,21H,10-11H2,1-2H3,(H2,19,20,22)/t12-/m1/s1. The normalized spacial score (nSPS) is 11.5. The molecule has 1 atom stereocenters. The van der Waals surface area contributed by atoms with E-state index in [9.17, 15) is 4.79 Å². The van der Waals surface area contributed by atoms with E-state index < -0.39 is 6.10 Å². The summed E-state index contributed by atoms with van der Waals surface area (Å²) in [7, 11) is 1.60. The van der Waals surface area contributed by atoms with Crippen LogP contribution in [0, 0.1) is 0 Å². The summed E-state index contributed by atoms with van der Waals surface area (Å²) in [5, 5.41) is 14.4. The lowest BCUT2D eigenvalue weighted by molar-refractivity contribution is 0.187. The molecule has 7 heteroatoms. The molecule has 0 aliphatic heterocycles. The van der Waals surface area contributed by atoms with Crippen molar-refractivity contribution in [3.05, 3.63) is 48.2 Å². The molecule has 24 heavy (non-hydrogen) atoms. The minimum absolute atomic E-state index is 0.202. The van der Waals surface area contributed by atoms with Gasteiger partial charge in [-0.05, 0) is 42.8 Å². The van der Waals surface area contributed by atoms with Crippen LogP contribution in [-0.4, -0.2) is 35.9 Å². The zero-order valence-corrected chi connectivity index (χ0v) is 13.7. The first-order valence-corrected chi connectivity index (χ1v) is 7.53. The summed E-state index contributed by atoms with van der Waals surface area (Å²) < 4.78 is 10.8. The molecule has 0 saturated heterocycles. The molecule has 1 aromatic carbocycles. The lowest BCUT2D eigenvalue weighted by Gasteiger charge is -2.10. The maximum Gasteiger partial charge on any atom is 0.315 e. The van der Waals surface area contributed by atoms with Gasteiger partial charge in [0.1, 0.15) is 11.5 Å². The van der Waals surface area contributed by atoms with E-state index in [0.29, 0.717) is 18.2 Å². The highest BCUT2D eigenvalue weighted by atomic mass is 16.5. The highest BCUT2D eigenvalue weighted by Crippen LogP contribution is 2.22. The average Bonchev–Trinajstić information content (AvgIpc) is 2.59. The SMILES string of the molecule is COc1ccc(Oc2cc(CNC(=O)NC[C@@H](C)O)ccn2)cc1. The molecule has 1 aromatic heterocycles. The van der Waals surface area contributed by atoms with Gasteiger partial charge in [0, 0.05) is 25.4 Å². The van der Waals surface area contributed by atoms with Crippen LogP contribution >= 0.6 is 0 Å². The van der Waals surface area contributed by atoms with Crippen LogP contribution in [0.25, 0.3) is 0 Å². The number of ether oxygens (including phenoxy) is 2. The molecule has 0 saturated carbocycles. The minimum atomic E-state index is -0.582. The first-order chi connectivity index (χ1) is 11.6. The molecule has 0 fully saturated rings. The number of aliphatic hydroxyl groups excluding tert-OH is 1. The highest BCUT2D eigenvalue weighted by Gasteiger charge is 2.04. The number of rotatable bonds is 7. The van der Waals surface area contributed by atoms with Crippen molar-refractivity contribution in [2.24, 2.45) is 0 Å². The summed E-state index contributed by atoms with van der Waals surface area (Å²) in [6.45, 7) is 2.13. The lowest BCUT2D eigenvalue weighted by atomic mass is 10.2. The fraction of sp³-hybridized carbons (Fsp3) is 0.294. The van der Waals surface area contributed by atoms with Gasteiger partial charge in [0.2, 0.25) is 5.88 Å². The van der Waals surface area contributed by atoms with Crippen LogP contribution in [0.3, 0.4) is 0 Å². The Morgan fingerprint density at radius 2 is 1.92 bits per heavy atom. The van der Waals surface area contributed by atoms with Crippen molar-refractivity contribution in [2.45, 2.75) is 19.6 Å². The number of amides is 2. The lowest BCUT2D eigenvalue weighted by Crippen LogP contribution is -2.38. The van der Waals surface area contributed by atoms with Crippen LogP contribution < -0.4 is 20.1 Å². The second kappa shape index (κ2) is 8.73. The summed E-state index contributed by atoms with van der Waals surface area (Å²) in [5.41, 5.74) is 0.848. The van der Waals surface area contributed by atoms with Gasteiger partial charge in [-0.3, -0.25) is 0 Å². The number of benzene rings is 1. The third-order valence-corrected chi connectivity index (χ3v) is 3.09. The number of carbonyl (C=O) groups is 1. The number of nitrogens with one attached hydrogen (secondary N) is 2. The molecule has 2 rings (SSSR count). The number of pyridine rings is 1. The Hall–Kier alpha value is -2.80. The fourth-order valence-corrected chi connectivity index (χ4v) is 1.87. The molecule has 1 heterocycles. The summed E-state index contributed by atoms with van der Waals surface area (Å²) in [5.74, 6) is 1.82. The second-order valence-corrected chi connectivity index (χ2v) is 5.19. The van der Waals surface area contributed by atoms with Crippen LogP contribution in [0.5, 0.6) is 17.4 Å². The van der Waals surface area contributed by atoms with E-state index in [-0.39, 0.29) is 12.6 Å². The van der Waals surface area contributed by atoms with E-state index >= 15 is 0 Å². The van der Waals surface area contributed by atoms with Crippen molar-refractivity contribution in [1.82, 2.24) is 15.6 Å². The maximum absolute atomic E-state index is 11.6. The van der Waals surface area contributed by atoms with Crippen molar-refractivity contribution in [1.29, 1.82) is 0 Å². The molecule has 3 N–H and O–H groups in total. The summed E-state index contributed by atoms with van der Waals surface area (Å²) in [6, 6.07) is 10.4. The molecule has 0 spiro atoms. The van der Waals surface area contributed by atoms with E-state index in [1.165, 1.54) is 0 Å². The van der Waals surface area contributed by atoms with Gasteiger partial charge in [0.25, 0.3) is 0 Å². The molecule has 0 aliphatic carbocycles. The van der Waals surface area contributed by atoms with Crippen LogP contribution in [0.2, 0.25) is 0 Å². The number of hydrogen-bond acceptors (Lipinski definition) is 5. The second-order valence-electron chi connectivity index (χ2n) is 5.19. The quantitative estimate of drug-likeness (QED) is 0.722. The number of nitrogens with zero attached hydrogens (tertiary/aromatic N) is 1. The van der Waals surface area contributed by atoms with Gasteiger partial charge in [0.15, 0.2) is 0 Å². The first kappa shape index (κ1) is 17.6. The number of urea groups is 1. The van der Waals surface area contributed by atoms with Crippen LogP contribution in [0.15, 0.2) is 42.6 Å². The van der Waals surface area contributed by atoms with Crippen molar-refractivity contribution in [3.8, 4) is 17.4 Å². The molecule has 0 aliphatic rings. The number of aliphatic hydroxyl groups is 1. The minimum Gasteiger partial charge on any atom is -0.497 e. The van der Waals surface area contributed by atoms with Gasteiger partial charge < -0.3 is 25.2 Å². The number of methoxy groups -OCH3 is 1. The summed E-state index contributed by atoms with van der Waals surface area (Å²) >= 11 is 0. The third kappa shape index (κ3) is 5.77. The number of carbonyl (C=O) groups excluding carboxylic acids is 1. The van der Waals surface area contributed by atoms with E-state index in [1.807, 2.05) is 0 Å². The van der Waals surface area contributed by atoms with Crippen molar-refractivity contribution in [3.63, 3.8) is 0 Å². The van der Waals surface area contributed by atoms with Crippen LogP contribution in [-0.2, 0) is 6.54 Å². The van der Waals surface area contributed by atoms with Crippen molar-refractivity contribution >= 4 is 6.03 Å². The Bertz CT molecular complexity index is 659. The van der Waals surface area contributed by atoms with Crippen molar-refractivity contribution in [2.75, 3.05) is 13.7 Å². The summed E-state index contributed by atoms with van der Waals surface area (Å²) in [4.78, 5) is 15.7. The highest BCUT2D eigenvalue weighted by molar-refractivity contribution is 5.73. The molecule has 0 bridgehead atoms. The van der Waals surface area contributed by atoms with Gasteiger partial charge in [-0.25, -0.2) is 9.78 Å². The predicted octanol–water partition coefficient (Wildman–Crippen LogP) is 2.06. The van der Waals surface area contributed by atoms with E-state index in [0.717, 1.165) is 11.3 Å². The Balaban J connectivity index is 1.89. The van der Waals surface area contributed by atoms with Gasteiger partial charge in [-0.1, -0.05) is 0 Å². The molecule has 0 unspecified atom stereocenters. The predicted molar refractivity (Wildman–Crippen MR) is 89.2 cm³/mol. The van der Waals surface area contributed by atoms with E-state index in [1.54, 1.807) is 56.6 Å². The van der Waals surface area contributed by atoms with Gasteiger partial charge in [0.05, 0.1) is 13.2 Å². The zero-order valence-electron chi connectivity index (χ0n) is 13.7. The average molecular weight is 331 g/mol. The molecule has 2 amide bonds. The zero-order chi connectivity index (χ0) is 17.4. The smallest absolute Gasteiger partial charge is 0.315 e. The molecular formula is C17H21N3O4.